The molecule has 3 rings (SSSR count). The molecule has 0 saturated heterocycles. The lowest BCUT2D eigenvalue weighted by molar-refractivity contribution is 0.969. The van der Waals surface area contributed by atoms with Crippen LogP contribution in [0.4, 0.5) is 0 Å². The Balaban J connectivity index is 2.15. The van der Waals surface area contributed by atoms with E-state index in [0.717, 1.165) is 12.8 Å². The normalized spacial score (nSPS) is 13.1. The van der Waals surface area contributed by atoms with Gasteiger partial charge in [0, 0.05) is 12.4 Å². The van der Waals surface area contributed by atoms with Gasteiger partial charge in [0.25, 0.3) is 0 Å². The van der Waals surface area contributed by atoms with E-state index < -0.39 is 0 Å². The van der Waals surface area contributed by atoms with Crippen molar-refractivity contribution in [3.05, 3.63) is 64.5 Å². The number of pyridine rings is 1. The van der Waals surface area contributed by atoms with Crippen LogP contribution in [-0.4, -0.2) is 4.98 Å². The highest BCUT2D eigenvalue weighted by Gasteiger charge is 2.15. The molecular weight excluding hydrogens is 182 g/mol. The summed E-state index contributed by atoms with van der Waals surface area (Å²) in [7, 11) is 0. The first kappa shape index (κ1) is 8.66. The van der Waals surface area contributed by atoms with Gasteiger partial charge in [-0.3, -0.25) is 4.98 Å². The molecule has 0 atom stereocenters. The summed E-state index contributed by atoms with van der Waals surface area (Å²) in [6.07, 6.45) is 6.00. The maximum absolute atomic E-state index is 4.20. The van der Waals surface area contributed by atoms with Gasteiger partial charge < -0.3 is 0 Å². The van der Waals surface area contributed by atoms with Gasteiger partial charge in [-0.1, -0.05) is 18.2 Å². The molecule has 74 valence electrons. The molecule has 2 aromatic rings. The van der Waals surface area contributed by atoms with Crippen molar-refractivity contribution < 1.29 is 0 Å². The number of aryl methyl sites for hydroxylation is 1. The van der Waals surface area contributed by atoms with Crippen molar-refractivity contribution in [1.29, 1.82) is 0 Å². The smallest absolute Gasteiger partial charge is 0.0306 e. The summed E-state index contributed by atoms with van der Waals surface area (Å²) in [6.45, 7) is 2.19. The maximum Gasteiger partial charge on any atom is 0.0306 e. The molecule has 0 unspecified atom stereocenters. The number of nitrogens with zero attached hydrogens (tertiary/aromatic N) is 1. The van der Waals surface area contributed by atoms with Crippen LogP contribution in [0.3, 0.4) is 0 Å². The molecule has 0 spiro atoms. The minimum Gasteiger partial charge on any atom is -0.264 e. The van der Waals surface area contributed by atoms with Gasteiger partial charge in [-0.2, -0.15) is 0 Å². The standard InChI is InChI=1S/C14H13N/c1-10-3-2-4-12-7-11-5-6-15-9-13(11)8-14(10)12/h2-6,9H,7-8H2,1H3. The fourth-order valence-corrected chi connectivity index (χ4v) is 2.36. The number of fused-ring (bicyclic) bond motifs is 2. The third kappa shape index (κ3) is 1.35. The van der Waals surface area contributed by atoms with E-state index in [1.165, 1.54) is 27.8 Å². The Labute approximate surface area is 89.8 Å². The fourth-order valence-electron chi connectivity index (χ4n) is 2.36. The van der Waals surface area contributed by atoms with Crippen LogP contribution in [0.2, 0.25) is 0 Å². The second-order valence-corrected chi connectivity index (χ2v) is 4.21. The van der Waals surface area contributed by atoms with Gasteiger partial charge in [-0.05, 0) is 53.6 Å². The molecule has 1 heterocycles. The van der Waals surface area contributed by atoms with E-state index in [0.29, 0.717) is 0 Å². The van der Waals surface area contributed by atoms with Crippen LogP contribution in [0.1, 0.15) is 27.8 Å². The van der Waals surface area contributed by atoms with E-state index in [1.54, 1.807) is 0 Å². The van der Waals surface area contributed by atoms with Crippen LogP contribution in [0.25, 0.3) is 0 Å². The first-order valence-electron chi connectivity index (χ1n) is 5.34. The SMILES string of the molecule is Cc1cccc2c1Cc1cnccc1C2. The van der Waals surface area contributed by atoms with Crippen molar-refractivity contribution in [2.45, 2.75) is 19.8 Å². The monoisotopic (exact) mass is 195 g/mol. The van der Waals surface area contributed by atoms with Gasteiger partial charge in [0.15, 0.2) is 0 Å². The van der Waals surface area contributed by atoms with Crippen molar-refractivity contribution in [2.75, 3.05) is 0 Å². The first-order chi connectivity index (χ1) is 7.34. The molecule has 0 N–H and O–H groups in total. The number of hydrogen-bond donors (Lipinski definition) is 0. The molecule has 0 bridgehead atoms. The predicted octanol–water partition coefficient (Wildman–Crippen LogP) is 2.89. The average molecular weight is 195 g/mol. The minimum absolute atomic E-state index is 1.05. The zero-order chi connectivity index (χ0) is 10.3. The molecule has 15 heavy (non-hydrogen) atoms. The molecule has 1 aromatic heterocycles. The van der Waals surface area contributed by atoms with Gasteiger partial charge >= 0.3 is 0 Å². The summed E-state index contributed by atoms with van der Waals surface area (Å²) < 4.78 is 0. The molecule has 1 aliphatic rings. The summed E-state index contributed by atoms with van der Waals surface area (Å²) in [4.78, 5) is 4.20. The summed E-state index contributed by atoms with van der Waals surface area (Å²) in [6, 6.07) is 8.73. The zero-order valence-corrected chi connectivity index (χ0v) is 8.83. The molecule has 1 aromatic carbocycles. The lowest BCUT2D eigenvalue weighted by Crippen LogP contribution is -2.08. The number of rotatable bonds is 0. The van der Waals surface area contributed by atoms with Crippen molar-refractivity contribution >= 4 is 0 Å². The van der Waals surface area contributed by atoms with Gasteiger partial charge in [-0.15, -0.1) is 0 Å². The van der Waals surface area contributed by atoms with Crippen LogP contribution in [-0.2, 0) is 12.8 Å². The Morgan fingerprint density at radius 2 is 1.93 bits per heavy atom. The Bertz CT molecular complexity index is 514. The van der Waals surface area contributed by atoms with Crippen LogP contribution in [0.5, 0.6) is 0 Å². The van der Waals surface area contributed by atoms with E-state index in [2.05, 4.69) is 36.2 Å². The van der Waals surface area contributed by atoms with E-state index in [1.807, 2.05) is 12.4 Å². The molecular formula is C14H13N. The van der Waals surface area contributed by atoms with Crippen molar-refractivity contribution in [3.63, 3.8) is 0 Å². The van der Waals surface area contributed by atoms with Gasteiger partial charge in [0.05, 0.1) is 0 Å². The average Bonchev–Trinajstić information content (AvgIpc) is 2.27. The molecule has 0 saturated carbocycles. The summed E-state index contributed by atoms with van der Waals surface area (Å²) >= 11 is 0. The minimum atomic E-state index is 1.05. The summed E-state index contributed by atoms with van der Waals surface area (Å²) in [5.41, 5.74) is 7.20. The predicted molar refractivity (Wildman–Crippen MR) is 61.0 cm³/mol. The Hall–Kier alpha value is -1.63. The van der Waals surface area contributed by atoms with E-state index >= 15 is 0 Å². The second-order valence-electron chi connectivity index (χ2n) is 4.21. The molecule has 0 fully saturated rings. The lowest BCUT2D eigenvalue weighted by Gasteiger charge is -2.20. The van der Waals surface area contributed by atoms with Crippen LogP contribution < -0.4 is 0 Å². The number of aromatic nitrogens is 1. The third-order valence-corrected chi connectivity index (χ3v) is 3.26. The van der Waals surface area contributed by atoms with Gasteiger partial charge in [0.1, 0.15) is 0 Å². The molecule has 0 radical (unpaired) electrons. The third-order valence-electron chi connectivity index (χ3n) is 3.26. The van der Waals surface area contributed by atoms with E-state index in [-0.39, 0.29) is 0 Å². The van der Waals surface area contributed by atoms with Crippen LogP contribution >= 0.6 is 0 Å². The highest BCUT2D eigenvalue weighted by Crippen LogP contribution is 2.28. The van der Waals surface area contributed by atoms with Crippen molar-refractivity contribution in [3.8, 4) is 0 Å². The van der Waals surface area contributed by atoms with Crippen LogP contribution in [0, 0.1) is 6.92 Å². The highest BCUT2D eigenvalue weighted by atomic mass is 14.6. The molecule has 0 amide bonds. The van der Waals surface area contributed by atoms with E-state index in [9.17, 15) is 0 Å². The maximum atomic E-state index is 4.20. The van der Waals surface area contributed by atoms with E-state index in [4.69, 9.17) is 0 Å². The van der Waals surface area contributed by atoms with Crippen molar-refractivity contribution in [1.82, 2.24) is 4.98 Å². The quantitative estimate of drug-likeness (QED) is 0.537. The highest BCUT2D eigenvalue weighted by molar-refractivity contribution is 5.46. The largest absolute Gasteiger partial charge is 0.264 e. The molecule has 1 heteroatoms. The Kier molecular flexibility index (Phi) is 1.84. The first-order valence-corrected chi connectivity index (χ1v) is 5.34. The molecule has 1 nitrogen and oxygen atoms in total. The van der Waals surface area contributed by atoms with Crippen molar-refractivity contribution in [2.24, 2.45) is 0 Å². The molecule has 1 aliphatic carbocycles. The second kappa shape index (κ2) is 3.20. The Morgan fingerprint density at radius 1 is 1.00 bits per heavy atom. The van der Waals surface area contributed by atoms with Gasteiger partial charge in [0.2, 0.25) is 0 Å². The number of benzene rings is 1. The summed E-state index contributed by atoms with van der Waals surface area (Å²) in [5.74, 6) is 0. The fraction of sp³-hybridized carbons (Fsp3) is 0.214. The zero-order valence-electron chi connectivity index (χ0n) is 8.83. The molecule has 0 aliphatic heterocycles. The number of hydrogen-bond acceptors (Lipinski definition) is 1. The lowest BCUT2D eigenvalue weighted by atomic mass is 9.85. The topological polar surface area (TPSA) is 12.9 Å². The Morgan fingerprint density at radius 3 is 2.87 bits per heavy atom. The van der Waals surface area contributed by atoms with Gasteiger partial charge in [-0.25, -0.2) is 0 Å². The summed E-state index contributed by atoms with van der Waals surface area (Å²) in [5, 5.41) is 0. The van der Waals surface area contributed by atoms with Crippen LogP contribution in [0.15, 0.2) is 36.7 Å².